The zero-order chi connectivity index (χ0) is 25.0. The summed E-state index contributed by atoms with van der Waals surface area (Å²) in [7, 11) is 3.03. The van der Waals surface area contributed by atoms with Gasteiger partial charge >= 0.3 is 0 Å². The van der Waals surface area contributed by atoms with Gasteiger partial charge in [-0.1, -0.05) is 18.2 Å². The zero-order valence-electron chi connectivity index (χ0n) is 20.1. The molecule has 0 bridgehead atoms. The van der Waals surface area contributed by atoms with Crippen molar-refractivity contribution < 1.29 is 23.8 Å². The highest BCUT2D eigenvalue weighted by Crippen LogP contribution is 2.27. The number of hydrogen-bond donors (Lipinski definition) is 2. The summed E-state index contributed by atoms with van der Waals surface area (Å²) in [5.74, 6) is 1.03. The number of carbonyl (C=O) groups excluding carboxylic acids is 2. The largest absolute Gasteiger partial charge is 0.494 e. The molecular weight excluding hydrogens is 464 g/mol. The van der Waals surface area contributed by atoms with E-state index in [1.165, 1.54) is 31.1 Å². The van der Waals surface area contributed by atoms with Gasteiger partial charge in [-0.2, -0.15) is 0 Å². The topological polar surface area (TPSA) is 85.9 Å². The summed E-state index contributed by atoms with van der Waals surface area (Å²) in [4.78, 5) is 26.7. The third kappa shape index (κ3) is 7.61. The molecule has 0 spiro atoms. The lowest BCUT2D eigenvalue weighted by Crippen LogP contribution is -2.35. The van der Waals surface area contributed by atoms with Crippen LogP contribution in [0.5, 0.6) is 17.2 Å². The molecule has 0 saturated heterocycles. The normalized spacial score (nSPS) is 11.0. The summed E-state index contributed by atoms with van der Waals surface area (Å²) in [6, 6.07) is 16.6. The van der Waals surface area contributed by atoms with Crippen molar-refractivity contribution >= 4 is 29.2 Å². The Labute approximate surface area is 209 Å². The van der Waals surface area contributed by atoms with Gasteiger partial charge in [0.2, 0.25) is 0 Å². The molecule has 3 aromatic rings. The molecule has 2 aromatic carbocycles. The first-order chi connectivity index (χ1) is 17.0. The number of thiophene rings is 1. The molecule has 7 nitrogen and oxygen atoms in total. The van der Waals surface area contributed by atoms with Crippen LogP contribution in [0, 0.1) is 0 Å². The van der Waals surface area contributed by atoms with Crippen LogP contribution < -0.4 is 24.8 Å². The lowest BCUT2D eigenvalue weighted by molar-refractivity contribution is -0.117. The second-order valence-corrected chi connectivity index (χ2v) is 8.51. The lowest BCUT2D eigenvalue weighted by Gasteiger charge is -2.13. The van der Waals surface area contributed by atoms with Crippen LogP contribution in [0.15, 0.2) is 65.7 Å². The highest BCUT2D eigenvalue weighted by atomic mass is 32.1. The first-order valence-corrected chi connectivity index (χ1v) is 12.2. The first-order valence-electron chi connectivity index (χ1n) is 11.3. The fraction of sp³-hybridized carbons (Fsp3) is 0.259. The Bertz CT molecular complexity index is 1140. The molecule has 0 aliphatic heterocycles. The molecular formula is C27H30N2O5S. The Morgan fingerprint density at radius 1 is 1.00 bits per heavy atom. The quantitative estimate of drug-likeness (QED) is 0.282. The third-order valence-electron chi connectivity index (χ3n) is 5.13. The van der Waals surface area contributed by atoms with E-state index in [0.717, 1.165) is 23.5 Å². The van der Waals surface area contributed by atoms with Gasteiger partial charge in [0.15, 0.2) is 11.5 Å². The minimum Gasteiger partial charge on any atom is -0.494 e. The molecule has 0 radical (unpaired) electrons. The minimum atomic E-state index is -0.418. The number of nitrogens with one attached hydrogen (secondary N) is 2. The van der Waals surface area contributed by atoms with Crippen molar-refractivity contribution in [3.63, 3.8) is 0 Å². The van der Waals surface area contributed by atoms with E-state index in [1.54, 1.807) is 24.3 Å². The predicted molar refractivity (Wildman–Crippen MR) is 138 cm³/mol. The molecule has 8 heteroatoms. The van der Waals surface area contributed by atoms with Crippen molar-refractivity contribution in [1.82, 2.24) is 10.6 Å². The average Bonchev–Trinajstić information content (AvgIpc) is 3.40. The average molecular weight is 495 g/mol. The molecule has 1 aromatic heterocycles. The lowest BCUT2D eigenvalue weighted by atomic mass is 10.1. The van der Waals surface area contributed by atoms with Crippen LogP contribution >= 0.6 is 11.3 Å². The van der Waals surface area contributed by atoms with Gasteiger partial charge in [0.05, 0.1) is 20.8 Å². The number of rotatable bonds is 12. The van der Waals surface area contributed by atoms with Gasteiger partial charge in [-0.25, -0.2) is 0 Å². The summed E-state index contributed by atoms with van der Waals surface area (Å²) in [6.07, 6.45) is 3.25. The van der Waals surface area contributed by atoms with Gasteiger partial charge in [0, 0.05) is 17.0 Å². The third-order valence-corrected chi connectivity index (χ3v) is 5.95. The van der Waals surface area contributed by atoms with Gasteiger partial charge < -0.3 is 24.8 Å². The molecule has 0 aliphatic carbocycles. The molecule has 2 amide bonds. The molecule has 0 atom stereocenters. The molecule has 184 valence electrons. The van der Waals surface area contributed by atoms with E-state index in [1.807, 2.05) is 48.7 Å². The standard InChI is InChI=1S/C27H30N2O5S/c1-4-34-21-12-9-19(10-13-21)7-5-15-28-27(31)23(18-22-8-6-16-35-22)29-26(30)20-11-14-24(32-2)25(17-20)33-3/h6,8-14,16-18H,4-5,7,15H2,1-3H3,(H,28,31)(H,29,30)/b23-18-. The Hall–Kier alpha value is -3.78. The molecule has 3 rings (SSSR count). The highest BCUT2D eigenvalue weighted by Gasteiger charge is 2.16. The fourth-order valence-corrected chi connectivity index (χ4v) is 4.01. The van der Waals surface area contributed by atoms with Crippen molar-refractivity contribution in [3.8, 4) is 17.2 Å². The van der Waals surface area contributed by atoms with Crippen LogP contribution in [0.3, 0.4) is 0 Å². The van der Waals surface area contributed by atoms with Crippen molar-refractivity contribution in [2.75, 3.05) is 27.4 Å². The number of benzene rings is 2. The minimum absolute atomic E-state index is 0.174. The van der Waals surface area contributed by atoms with Gasteiger partial charge in [0.25, 0.3) is 11.8 Å². The Morgan fingerprint density at radius 3 is 2.43 bits per heavy atom. The Morgan fingerprint density at radius 2 is 1.77 bits per heavy atom. The van der Waals surface area contributed by atoms with Gasteiger partial charge in [-0.05, 0) is 73.2 Å². The van der Waals surface area contributed by atoms with Gasteiger partial charge in [-0.15, -0.1) is 11.3 Å². The van der Waals surface area contributed by atoms with Crippen molar-refractivity contribution in [1.29, 1.82) is 0 Å². The van der Waals surface area contributed by atoms with E-state index in [4.69, 9.17) is 14.2 Å². The van der Waals surface area contributed by atoms with Crippen LogP contribution in [0.4, 0.5) is 0 Å². The monoisotopic (exact) mass is 494 g/mol. The SMILES string of the molecule is CCOc1ccc(CCCNC(=O)/C(=C/c2cccs2)NC(=O)c2ccc(OC)c(OC)c2)cc1. The van der Waals surface area contributed by atoms with E-state index in [-0.39, 0.29) is 11.6 Å². The van der Waals surface area contributed by atoms with E-state index < -0.39 is 5.91 Å². The van der Waals surface area contributed by atoms with Crippen LogP contribution in [0.25, 0.3) is 6.08 Å². The van der Waals surface area contributed by atoms with Gasteiger partial charge in [-0.3, -0.25) is 9.59 Å². The second kappa shape index (κ2) is 13.2. The van der Waals surface area contributed by atoms with E-state index in [0.29, 0.717) is 30.2 Å². The first kappa shape index (κ1) is 25.8. The van der Waals surface area contributed by atoms with Crippen LogP contribution in [0.2, 0.25) is 0 Å². The molecule has 35 heavy (non-hydrogen) atoms. The van der Waals surface area contributed by atoms with Crippen LogP contribution in [0.1, 0.15) is 34.1 Å². The summed E-state index contributed by atoms with van der Waals surface area (Å²) in [5.41, 5.74) is 1.69. The van der Waals surface area contributed by atoms with Crippen molar-refractivity contribution in [2.24, 2.45) is 0 Å². The number of methoxy groups -OCH3 is 2. The highest BCUT2D eigenvalue weighted by molar-refractivity contribution is 7.10. The maximum Gasteiger partial charge on any atom is 0.267 e. The number of amides is 2. The van der Waals surface area contributed by atoms with Crippen LogP contribution in [-0.4, -0.2) is 39.2 Å². The molecule has 2 N–H and O–H groups in total. The summed E-state index contributed by atoms with van der Waals surface area (Å²) >= 11 is 1.48. The molecule has 0 fully saturated rings. The molecule has 0 saturated carbocycles. The molecule has 0 aliphatic rings. The number of aryl methyl sites for hydroxylation is 1. The Balaban J connectivity index is 1.62. The van der Waals surface area contributed by atoms with Gasteiger partial charge in [0.1, 0.15) is 11.4 Å². The number of ether oxygens (including phenoxy) is 3. The fourth-order valence-electron chi connectivity index (χ4n) is 3.35. The summed E-state index contributed by atoms with van der Waals surface area (Å²) in [5, 5.41) is 7.56. The van der Waals surface area contributed by atoms with E-state index in [2.05, 4.69) is 10.6 Å². The summed E-state index contributed by atoms with van der Waals surface area (Å²) < 4.78 is 16.0. The maximum absolute atomic E-state index is 12.9. The smallest absolute Gasteiger partial charge is 0.267 e. The van der Waals surface area contributed by atoms with Crippen molar-refractivity contribution in [3.05, 3.63) is 81.7 Å². The Kier molecular flexibility index (Phi) is 9.74. The zero-order valence-corrected chi connectivity index (χ0v) is 20.9. The predicted octanol–water partition coefficient (Wildman–Crippen LogP) is 4.68. The molecule has 0 unspecified atom stereocenters. The number of carbonyl (C=O) groups is 2. The maximum atomic E-state index is 12.9. The van der Waals surface area contributed by atoms with E-state index >= 15 is 0 Å². The second-order valence-electron chi connectivity index (χ2n) is 7.53. The van der Waals surface area contributed by atoms with E-state index in [9.17, 15) is 9.59 Å². The molecule has 1 heterocycles. The number of hydrogen-bond acceptors (Lipinski definition) is 6. The van der Waals surface area contributed by atoms with Crippen LogP contribution in [-0.2, 0) is 11.2 Å². The van der Waals surface area contributed by atoms with Crippen molar-refractivity contribution in [2.45, 2.75) is 19.8 Å². The summed E-state index contributed by atoms with van der Waals surface area (Å²) in [6.45, 7) is 3.06.